The molecular formula is C54H84O31S2. The molecule has 4 aliphatic carbocycles. The van der Waals surface area contributed by atoms with E-state index in [9.17, 15) is 81.8 Å². The van der Waals surface area contributed by atoms with E-state index in [1.807, 2.05) is 20.8 Å². The Kier molecular flexibility index (Phi) is 19.4. The van der Waals surface area contributed by atoms with Gasteiger partial charge in [0.15, 0.2) is 31.5 Å². The van der Waals surface area contributed by atoms with Crippen LogP contribution in [-0.2, 0) is 90.8 Å². The second-order valence-corrected chi connectivity index (χ2v) is 28.2. The van der Waals surface area contributed by atoms with Gasteiger partial charge in [-0.05, 0) is 75.0 Å². The van der Waals surface area contributed by atoms with Crippen molar-refractivity contribution in [3.63, 3.8) is 0 Å². The summed E-state index contributed by atoms with van der Waals surface area (Å²) in [7, 11) is -9.36. The molecule has 31 nitrogen and oxygen atoms in total. The maximum atomic E-state index is 13.9. The summed E-state index contributed by atoms with van der Waals surface area (Å²) < 4.78 is 148. The summed E-state index contributed by atoms with van der Waals surface area (Å²) in [5, 5.41) is 112. The minimum atomic E-state index is -5.30. The molecule has 0 amide bonds. The average molecular weight is 1290 g/mol. The van der Waals surface area contributed by atoms with Gasteiger partial charge in [0.25, 0.3) is 0 Å². The van der Waals surface area contributed by atoms with Gasteiger partial charge in [0.2, 0.25) is 0 Å². The van der Waals surface area contributed by atoms with E-state index in [2.05, 4.69) is 30.7 Å². The molecule has 498 valence electrons. The number of methoxy groups -OCH3 is 1. The third kappa shape index (κ3) is 12.1. The molecule has 12 N–H and O–H groups in total. The van der Waals surface area contributed by atoms with Gasteiger partial charge in [-0.1, -0.05) is 51.5 Å². The lowest BCUT2D eigenvalue weighted by Crippen LogP contribution is -2.68. The lowest BCUT2D eigenvalue weighted by molar-refractivity contribution is -0.405. The number of fused-ring (bicyclic) bond motifs is 5. The van der Waals surface area contributed by atoms with Crippen LogP contribution in [0.15, 0.2) is 23.8 Å². The zero-order valence-electron chi connectivity index (χ0n) is 49.0. The van der Waals surface area contributed by atoms with Crippen LogP contribution < -0.4 is 0 Å². The summed E-state index contributed by atoms with van der Waals surface area (Å²) in [6, 6.07) is 0. The standard InChI is InChI=1S/C54H84O31S2/c1-20(2)31-25-15-53(7)23-9-10-29-51(4,5)30(12-13-52(29,6)22(23)11-14-54(31,53)50(65)79-25)80-48-43(34(59)28(18-74-48)85-87(69,70)71)84-49-44(83-46-36(61)35(60)32(57)26(16-55)77-46)37(62)40(21(3)76-49)81-47-39(64)42(33(58)27(78-47)19-75-86(66,67)68)82-45-38(63)41(72-8)24(56)17-73-45/h9,21-22,24-49,55-64H,1,10-19H2,2-8H3,(H,66,67,68)(H,69,70,71)/t21-,22+,24-,25+,26-,27-,28-,29?,30+,31+,32-,33-,34+,35+,36-,37+,38-,39-,40-,41+,42+,43-,44-,45+,46+,47+,48+,49+,52-,53+,54-/m1/s1. The highest BCUT2D eigenvalue weighted by atomic mass is 32.3. The van der Waals surface area contributed by atoms with Crippen molar-refractivity contribution in [3.05, 3.63) is 23.8 Å². The van der Waals surface area contributed by atoms with Crippen molar-refractivity contribution in [2.75, 3.05) is 33.5 Å². The highest BCUT2D eigenvalue weighted by molar-refractivity contribution is 7.81. The molecule has 2 bridgehead atoms. The molecule has 6 heterocycles. The Hall–Kier alpha value is -2.15. The van der Waals surface area contributed by atoms with Crippen molar-refractivity contribution >= 4 is 26.8 Å². The smallest absolute Gasteiger partial charge is 0.397 e. The quantitative estimate of drug-likeness (QED) is 0.0365. The van der Waals surface area contributed by atoms with Crippen molar-refractivity contribution in [1.82, 2.24) is 0 Å². The fraction of sp³-hybridized carbons (Fsp3) is 0.907. The van der Waals surface area contributed by atoms with E-state index < -0.39 is 211 Å². The van der Waals surface area contributed by atoms with Crippen LogP contribution >= 0.6 is 0 Å². The van der Waals surface area contributed by atoms with Gasteiger partial charge in [-0.2, -0.15) is 16.8 Å². The first-order chi connectivity index (χ1) is 40.6. The third-order valence-corrected chi connectivity index (χ3v) is 21.7. The zero-order valence-corrected chi connectivity index (χ0v) is 50.6. The van der Waals surface area contributed by atoms with Crippen LogP contribution in [0.1, 0.15) is 80.1 Å². The number of esters is 1. The van der Waals surface area contributed by atoms with E-state index in [1.54, 1.807) is 0 Å². The number of aliphatic hydroxyl groups is 10. The van der Waals surface area contributed by atoms with E-state index in [0.29, 0.717) is 32.1 Å². The molecule has 0 aromatic heterocycles. The minimum absolute atomic E-state index is 0.0430. The van der Waals surface area contributed by atoms with Gasteiger partial charge in [0, 0.05) is 18.4 Å². The number of ether oxygens (including phenoxy) is 12. The largest absolute Gasteiger partial charge is 0.461 e. The molecule has 10 rings (SSSR count). The summed E-state index contributed by atoms with van der Waals surface area (Å²) in [5.74, 6) is -0.221. The second kappa shape index (κ2) is 25.0. The lowest BCUT2D eigenvalue weighted by Gasteiger charge is -2.64. The van der Waals surface area contributed by atoms with Crippen molar-refractivity contribution in [2.45, 2.75) is 234 Å². The summed E-state index contributed by atoms with van der Waals surface area (Å²) in [6.07, 6.45) is -38.4. The van der Waals surface area contributed by atoms with Gasteiger partial charge in [0.1, 0.15) is 110 Å². The highest BCUT2D eigenvalue weighted by Crippen LogP contribution is 2.76. The fourth-order valence-electron chi connectivity index (χ4n) is 16.5. The van der Waals surface area contributed by atoms with E-state index in [-0.39, 0.29) is 35.2 Å². The molecule has 10 aliphatic rings. The van der Waals surface area contributed by atoms with E-state index >= 15 is 0 Å². The maximum absolute atomic E-state index is 13.9. The third-order valence-electron chi connectivity index (χ3n) is 20.8. The molecular weight excluding hydrogens is 1210 g/mol. The molecule has 3 saturated carbocycles. The Balaban J connectivity index is 0.936. The fourth-order valence-corrected chi connectivity index (χ4v) is 17.3. The van der Waals surface area contributed by atoms with E-state index in [1.165, 1.54) is 19.6 Å². The van der Waals surface area contributed by atoms with Crippen molar-refractivity contribution < 1.29 is 147 Å². The lowest BCUT2D eigenvalue weighted by atomic mass is 9.40. The first-order valence-electron chi connectivity index (χ1n) is 29.2. The number of aliphatic hydroxyl groups excluding tert-OH is 10. The Bertz CT molecular complexity index is 2760. The highest BCUT2D eigenvalue weighted by Gasteiger charge is 2.76. The molecule has 0 radical (unpaired) electrons. The van der Waals surface area contributed by atoms with Crippen molar-refractivity contribution in [2.24, 2.45) is 39.4 Å². The summed E-state index contributed by atoms with van der Waals surface area (Å²) >= 11 is 0. The monoisotopic (exact) mass is 1290 g/mol. The Morgan fingerprint density at radius 2 is 1.30 bits per heavy atom. The first kappa shape index (κ1) is 67.7. The molecule has 9 fully saturated rings. The second-order valence-electron chi connectivity index (χ2n) is 26.1. The minimum Gasteiger partial charge on any atom is -0.461 e. The Labute approximate surface area is 502 Å². The van der Waals surface area contributed by atoms with Crippen LogP contribution in [0.25, 0.3) is 0 Å². The van der Waals surface area contributed by atoms with Crippen LogP contribution in [-0.4, -0.2) is 270 Å². The number of rotatable bonds is 18. The molecule has 87 heavy (non-hydrogen) atoms. The van der Waals surface area contributed by atoms with Crippen molar-refractivity contribution in [1.29, 1.82) is 0 Å². The molecule has 0 aromatic carbocycles. The zero-order chi connectivity index (χ0) is 63.6. The normalized spacial score (nSPS) is 50.7. The first-order valence-corrected chi connectivity index (χ1v) is 31.9. The summed E-state index contributed by atoms with van der Waals surface area (Å²) in [5.41, 5.74) is 0.00968. The molecule has 33 heteroatoms. The van der Waals surface area contributed by atoms with Gasteiger partial charge >= 0.3 is 26.8 Å². The van der Waals surface area contributed by atoms with E-state index in [0.717, 1.165) is 12.0 Å². The van der Waals surface area contributed by atoms with Crippen LogP contribution in [0, 0.1) is 39.4 Å². The molecule has 6 saturated heterocycles. The van der Waals surface area contributed by atoms with Gasteiger partial charge in [-0.25, -0.2) is 8.37 Å². The van der Waals surface area contributed by atoms with Crippen LogP contribution in [0.4, 0.5) is 0 Å². The number of carbonyl (C=O) groups is 1. The molecule has 31 atom stereocenters. The summed E-state index contributed by atoms with van der Waals surface area (Å²) in [4.78, 5) is 13.9. The number of hydrogen-bond acceptors (Lipinski definition) is 29. The SMILES string of the molecule is C=C(C)[C@H]1[C@@H]2C[C@@]3(C)C4=CCC5C(C)(C)[C@@H](O[C@@H]6OC[C@@H](OS(=O)(=O)O)[C@H](O)[C@H]6O[C@@H]6O[C@H](C)[C@@H](O[C@@H]7O[C@H](COS(=O)(=O)O)[C@@H](O)[C@H](O[C@@H]8OC[C@@H](O)[C@H](OC)[C@H]8O)[C@H]7O)[C@H](O)[C@H]6O[C@@H]6O[C@H](CO)[C@@H](O)[C@H](O)[C@H]6O)CC[C@]5(C)[C@H]4CC[C@]13C(=O)O2. The van der Waals surface area contributed by atoms with Crippen molar-refractivity contribution in [3.8, 4) is 0 Å². The Morgan fingerprint density at radius 3 is 1.95 bits per heavy atom. The van der Waals surface area contributed by atoms with Crippen LogP contribution in [0.5, 0.6) is 0 Å². The molecule has 1 spiro atoms. The van der Waals surface area contributed by atoms with Gasteiger partial charge < -0.3 is 108 Å². The van der Waals surface area contributed by atoms with Crippen LogP contribution in [0.3, 0.4) is 0 Å². The predicted molar refractivity (Wildman–Crippen MR) is 285 cm³/mol. The van der Waals surface area contributed by atoms with Gasteiger partial charge in [0.05, 0.1) is 44.1 Å². The van der Waals surface area contributed by atoms with E-state index in [4.69, 9.17) is 61.0 Å². The summed E-state index contributed by atoms with van der Waals surface area (Å²) in [6.45, 7) is 12.8. The molecule has 1 unspecified atom stereocenters. The molecule has 0 aromatic rings. The molecule has 6 aliphatic heterocycles. The average Bonchev–Trinajstić information content (AvgIpc) is 1.56. The van der Waals surface area contributed by atoms with Gasteiger partial charge in [-0.15, -0.1) is 0 Å². The number of allylic oxidation sites excluding steroid dienone is 2. The maximum Gasteiger partial charge on any atom is 0.397 e. The number of carbonyl (C=O) groups excluding carboxylic acids is 1. The van der Waals surface area contributed by atoms with Crippen LogP contribution in [0.2, 0.25) is 0 Å². The Morgan fingerprint density at radius 1 is 0.678 bits per heavy atom. The van der Waals surface area contributed by atoms with Gasteiger partial charge in [-0.3, -0.25) is 13.9 Å². The predicted octanol–water partition coefficient (Wildman–Crippen LogP) is -3.22. The topological polar surface area (TPSA) is 457 Å². The number of hydrogen-bond donors (Lipinski definition) is 12.